The molecule has 0 atom stereocenters. The maximum absolute atomic E-state index is 12.9. The first kappa shape index (κ1) is 17.3. The molecule has 132 valence electrons. The Bertz CT molecular complexity index is 728. The molecular formula is C20H24FN3O. The smallest absolute Gasteiger partial charge is 0.191 e. The number of fused-ring (bicyclic) bond motifs is 1. The highest BCUT2D eigenvalue weighted by atomic mass is 19.1. The lowest BCUT2D eigenvalue weighted by molar-refractivity contribution is 0.357. The summed E-state index contributed by atoms with van der Waals surface area (Å²) in [5.41, 5.74) is 3.58. The Morgan fingerprint density at radius 1 is 1.12 bits per heavy atom. The van der Waals surface area contributed by atoms with Crippen molar-refractivity contribution in [3.63, 3.8) is 0 Å². The normalized spacial score (nSPS) is 13.3. The first-order chi connectivity index (χ1) is 12.2. The van der Waals surface area contributed by atoms with Crippen LogP contribution in [0.1, 0.15) is 23.6 Å². The van der Waals surface area contributed by atoms with Crippen LogP contribution >= 0.6 is 0 Å². The quantitative estimate of drug-likeness (QED) is 0.627. The first-order valence-corrected chi connectivity index (χ1v) is 8.76. The average Bonchev–Trinajstić information content (AvgIpc) is 3.09. The Hall–Kier alpha value is -2.56. The van der Waals surface area contributed by atoms with Crippen LogP contribution in [0.5, 0.6) is 5.75 Å². The number of nitrogens with one attached hydrogen (secondary N) is 2. The van der Waals surface area contributed by atoms with Crippen LogP contribution in [0, 0.1) is 5.82 Å². The van der Waals surface area contributed by atoms with E-state index in [1.807, 2.05) is 6.92 Å². The number of benzene rings is 2. The molecule has 0 radical (unpaired) electrons. The minimum atomic E-state index is -0.225. The highest BCUT2D eigenvalue weighted by Crippen LogP contribution is 2.25. The molecule has 1 aliphatic heterocycles. The van der Waals surface area contributed by atoms with Gasteiger partial charge in [-0.05, 0) is 48.2 Å². The Morgan fingerprint density at radius 3 is 2.72 bits per heavy atom. The van der Waals surface area contributed by atoms with E-state index >= 15 is 0 Å². The standard InChI is InChI=1S/C20H24FN3O/c1-2-22-20(24-14-16-3-6-18(21)7-4-16)23-11-9-15-5-8-19-17(13-15)10-12-25-19/h3-8,13H,2,9-12,14H2,1H3,(H2,22,23,24). The van der Waals surface area contributed by atoms with Gasteiger partial charge in [-0.25, -0.2) is 9.38 Å². The second kappa shape index (κ2) is 8.51. The maximum Gasteiger partial charge on any atom is 0.191 e. The summed E-state index contributed by atoms with van der Waals surface area (Å²) >= 11 is 0. The second-order valence-electron chi connectivity index (χ2n) is 6.04. The van der Waals surface area contributed by atoms with Gasteiger partial charge in [0.2, 0.25) is 0 Å². The highest BCUT2D eigenvalue weighted by molar-refractivity contribution is 5.79. The molecule has 0 saturated heterocycles. The number of hydrogen-bond donors (Lipinski definition) is 2. The predicted octanol–water partition coefficient (Wildman–Crippen LogP) is 3.06. The number of aliphatic imine (C=N–C) groups is 1. The van der Waals surface area contributed by atoms with Crippen LogP contribution in [-0.2, 0) is 19.4 Å². The van der Waals surface area contributed by atoms with Gasteiger partial charge in [-0.15, -0.1) is 0 Å². The third-order valence-corrected chi connectivity index (χ3v) is 4.14. The Morgan fingerprint density at radius 2 is 1.92 bits per heavy atom. The van der Waals surface area contributed by atoms with Crippen molar-refractivity contribution in [1.82, 2.24) is 10.6 Å². The molecule has 2 aromatic rings. The monoisotopic (exact) mass is 341 g/mol. The van der Waals surface area contributed by atoms with E-state index in [4.69, 9.17) is 4.74 Å². The first-order valence-electron chi connectivity index (χ1n) is 8.76. The van der Waals surface area contributed by atoms with Crippen LogP contribution < -0.4 is 15.4 Å². The summed E-state index contributed by atoms with van der Waals surface area (Å²) in [5, 5.41) is 6.59. The summed E-state index contributed by atoms with van der Waals surface area (Å²) < 4.78 is 18.5. The molecule has 0 saturated carbocycles. The molecule has 2 N–H and O–H groups in total. The van der Waals surface area contributed by atoms with E-state index in [0.29, 0.717) is 6.54 Å². The number of guanidine groups is 1. The average molecular weight is 341 g/mol. The van der Waals surface area contributed by atoms with Gasteiger partial charge < -0.3 is 15.4 Å². The fourth-order valence-corrected chi connectivity index (χ4v) is 2.82. The van der Waals surface area contributed by atoms with Crippen LogP contribution in [0.15, 0.2) is 47.5 Å². The second-order valence-corrected chi connectivity index (χ2v) is 6.04. The summed E-state index contributed by atoms with van der Waals surface area (Å²) in [7, 11) is 0. The van der Waals surface area contributed by atoms with Crippen molar-refractivity contribution in [3.05, 3.63) is 65.0 Å². The topological polar surface area (TPSA) is 45.7 Å². The van der Waals surface area contributed by atoms with Crippen LogP contribution in [0.25, 0.3) is 0 Å². The molecule has 3 rings (SSSR count). The Labute approximate surface area is 148 Å². The molecule has 4 nitrogen and oxygen atoms in total. The number of nitrogens with zero attached hydrogens (tertiary/aromatic N) is 1. The summed E-state index contributed by atoms with van der Waals surface area (Å²) in [4.78, 5) is 4.55. The third kappa shape index (κ3) is 4.95. The Kier molecular flexibility index (Phi) is 5.88. The van der Waals surface area contributed by atoms with Gasteiger partial charge >= 0.3 is 0 Å². The van der Waals surface area contributed by atoms with Gasteiger partial charge in [-0.3, -0.25) is 0 Å². The van der Waals surface area contributed by atoms with Crippen molar-refractivity contribution in [2.45, 2.75) is 26.3 Å². The van der Waals surface area contributed by atoms with Crippen molar-refractivity contribution >= 4 is 5.96 Å². The molecule has 0 aromatic heterocycles. The predicted molar refractivity (Wildman–Crippen MR) is 98.6 cm³/mol. The van der Waals surface area contributed by atoms with E-state index in [1.165, 1.54) is 23.3 Å². The van der Waals surface area contributed by atoms with Gasteiger partial charge in [-0.1, -0.05) is 24.3 Å². The number of rotatable bonds is 6. The van der Waals surface area contributed by atoms with Crippen molar-refractivity contribution in [2.75, 3.05) is 19.7 Å². The van der Waals surface area contributed by atoms with Gasteiger partial charge in [-0.2, -0.15) is 0 Å². The zero-order chi connectivity index (χ0) is 17.5. The lowest BCUT2D eigenvalue weighted by atomic mass is 10.1. The molecule has 0 spiro atoms. The van der Waals surface area contributed by atoms with Crippen molar-refractivity contribution in [2.24, 2.45) is 4.99 Å². The third-order valence-electron chi connectivity index (χ3n) is 4.14. The molecule has 2 aromatic carbocycles. The van der Waals surface area contributed by atoms with E-state index in [1.54, 1.807) is 12.1 Å². The van der Waals surface area contributed by atoms with Gasteiger partial charge in [0.1, 0.15) is 11.6 Å². The number of ether oxygens (including phenoxy) is 1. The SMILES string of the molecule is CCNC(=NCc1ccc(F)cc1)NCCc1ccc2c(c1)CCO2. The molecule has 1 aliphatic rings. The molecule has 5 heteroatoms. The van der Waals surface area contributed by atoms with Gasteiger partial charge in [0.05, 0.1) is 13.2 Å². The van der Waals surface area contributed by atoms with E-state index in [0.717, 1.165) is 49.8 Å². The van der Waals surface area contributed by atoms with Gasteiger partial charge in [0.15, 0.2) is 5.96 Å². The van der Waals surface area contributed by atoms with Gasteiger partial charge in [0, 0.05) is 19.5 Å². The molecule has 0 amide bonds. The lowest BCUT2D eigenvalue weighted by Crippen LogP contribution is -2.38. The molecule has 25 heavy (non-hydrogen) atoms. The van der Waals surface area contributed by atoms with Crippen molar-refractivity contribution < 1.29 is 9.13 Å². The summed E-state index contributed by atoms with van der Waals surface area (Å²) in [6.45, 7) is 4.94. The van der Waals surface area contributed by atoms with E-state index in [-0.39, 0.29) is 5.82 Å². The van der Waals surface area contributed by atoms with Crippen molar-refractivity contribution in [3.8, 4) is 5.75 Å². The van der Waals surface area contributed by atoms with Gasteiger partial charge in [0.25, 0.3) is 0 Å². The summed E-state index contributed by atoms with van der Waals surface area (Å²) in [6, 6.07) is 12.8. The zero-order valence-corrected chi connectivity index (χ0v) is 14.5. The van der Waals surface area contributed by atoms with E-state index in [9.17, 15) is 4.39 Å². The molecule has 0 bridgehead atoms. The van der Waals surface area contributed by atoms with Crippen LogP contribution in [-0.4, -0.2) is 25.7 Å². The van der Waals surface area contributed by atoms with Crippen molar-refractivity contribution in [1.29, 1.82) is 0 Å². The molecule has 1 heterocycles. The number of hydrogen-bond acceptors (Lipinski definition) is 2. The maximum atomic E-state index is 12.9. The summed E-state index contributed by atoms with van der Waals surface area (Å²) in [5.74, 6) is 1.57. The fraction of sp³-hybridized carbons (Fsp3) is 0.350. The zero-order valence-electron chi connectivity index (χ0n) is 14.5. The summed E-state index contributed by atoms with van der Waals surface area (Å²) in [6.07, 6.45) is 1.92. The van der Waals surface area contributed by atoms with Crippen LogP contribution in [0.3, 0.4) is 0 Å². The van der Waals surface area contributed by atoms with Crippen LogP contribution in [0.2, 0.25) is 0 Å². The fourth-order valence-electron chi connectivity index (χ4n) is 2.82. The molecule has 0 fully saturated rings. The van der Waals surface area contributed by atoms with Crippen LogP contribution in [0.4, 0.5) is 4.39 Å². The number of halogens is 1. The minimum absolute atomic E-state index is 0.225. The Balaban J connectivity index is 1.52. The highest BCUT2D eigenvalue weighted by Gasteiger charge is 2.11. The molecule has 0 unspecified atom stereocenters. The molecule has 0 aliphatic carbocycles. The van der Waals surface area contributed by atoms with E-state index in [2.05, 4.69) is 33.8 Å². The van der Waals surface area contributed by atoms with E-state index < -0.39 is 0 Å². The minimum Gasteiger partial charge on any atom is -0.493 e. The largest absolute Gasteiger partial charge is 0.493 e. The molecular weight excluding hydrogens is 317 g/mol. The lowest BCUT2D eigenvalue weighted by Gasteiger charge is -2.12.